The van der Waals surface area contributed by atoms with Crippen molar-refractivity contribution >= 4 is 80.9 Å². The van der Waals surface area contributed by atoms with Gasteiger partial charge in [0.2, 0.25) is 0 Å². The number of fused-ring (bicyclic) bond motifs is 3. The first-order valence-corrected chi connectivity index (χ1v) is 17.2. The van der Waals surface area contributed by atoms with E-state index in [2.05, 4.69) is 181 Å². The van der Waals surface area contributed by atoms with E-state index in [0.29, 0.717) is 0 Å². The van der Waals surface area contributed by atoms with Crippen molar-refractivity contribution in [3.8, 4) is 22.3 Å². The molecule has 48 heavy (non-hydrogen) atoms. The van der Waals surface area contributed by atoms with Gasteiger partial charge in [0, 0.05) is 36.9 Å². The summed E-state index contributed by atoms with van der Waals surface area (Å²) in [6, 6.07) is 64.5. The first-order chi connectivity index (χ1) is 23.8. The predicted molar refractivity (Wildman–Crippen MR) is 209 cm³/mol. The van der Waals surface area contributed by atoms with Gasteiger partial charge in [-0.3, -0.25) is 0 Å². The van der Waals surface area contributed by atoms with E-state index in [4.69, 9.17) is 0 Å². The lowest BCUT2D eigenvalue weighted by Crippen LogP contribution is -2.10. The summed E-state index contributed by atoms with van der Waals surface area (Å²) in [5, 5.41) is 10.4. The maximum Gasteiger partial charge on any atom is 0.0540 e. The van der Waals surface area contributed by atoms with E-state index in [9.17, 15) is 0 Å². The monoisotopic (exact) mass is 627 g/mol. The van der Waals surface area contributed by atoms with Crippen LogP contribution in [-0.2, 0) is 0 Å². The lowest BCUT2D eigenvalue weighted by atomic mass is 9.93. The molecule has 0 aliphatic carbocycles. The average Bonchev–Trinajstić information content (AvgIpc) is 3.54. The van der Waals surface area contributed by atoms with Gasteiger partial charge in [0.15, 0.2) is 0 Å². The normalized spacial score (nSPS) is 11.8. The fourth-order valence-electron chi connectivity index (χ4n) is 7.56. The molecule has 0 spiro atoms. The highest BCUT2D eigenvalue weighted by atomic mass is 32.1. The molecule has 0 aliphatic rings. The number of hydrogen-bond donors (Lipinski definition) is 0. The van der Waals surface area contributed by atoms with Crippen molar-refractivity contribution in [2.75, 3.05) is 4.90 Å². The predicted octanol–water partition coefficient (Wildman–Crippen LogP) is 13.8. The van der Waals surface area contributed by atoms with Crippen LogP contribution >= 0.6 is 11.3 Å². The first-order valence-electron chi connectivity index (χ1n) is 16.4. The van der Waals surface area contributed by atoms with Gasteiger partial charge in [-0.05, 0) is 85.6 Å². The summed E-state index contributed by atoms with van der Waals surface area (Å²) in [6.07, 6.45) is 0. The minimum atomic E-state index is 1.13. The molecule has 1 aromatic heterocycles. The molecule has 10 rings (SSSR count). The maximum atomic E-state index is 2.44. The van der Waals surface area contributed by atoms with E-state index in [1.165, 1.54) is 80.4 Å². The molecule has 224 valence electrons. The Morgan fingerprint density at radius 3 is 1.88 bits per heavy atom. The summed E-state index contributed by atoms with van der Waals surface area (Å²) >= 11 is 1.88. The zero-order valence-electron chi connectivity index (χ0n) is 26.1. The second-order valence-corrected chi connectivity index (χ2v) is 13.6. The van der Waals surface area contributed by atoms with Crippen LogP contribution in [0.1, 0.15) is 0 Å². The Hall–Kier alpha value is -5.96. The summed E-state index contributed by atoms with van der Waals surface area (Å²) in [7, 11) is 0. The Balaban J connectivity index is 1.20. The third kappa shape index (κ3) is 4.24. The molecule has 10 aromatic rings. The van der Waals surface area contributed by atoms with Crippen molar-refractivity contribution in [2.24, 2.45) is 0 Å². The van der Waals surface area contributed by atoms with Gasteiger partial charge in [0.25, 0.3) is 0 Å². The number of anilines is 3. The highest BCUT2D eigenvalue weighted by Gasteiger charge is 2.20. The molecule has 0 atom stereocenters. The van der Waals surface area contributed by atoms with Crippen LogP contribution in [0.15, 0.2) is 176 Å². The Morgan fingerprint density at radius 2 is 1.02 bits per heavy atom. The second kappa shape index (κ2) is 10.8. The Labute approximate surface area is 282 Å². The second-order valence-electron chi connectivity index (χ2n) is 12.5. The van der Waals surface area contributed by atoms with Crippen LogP contribution in [0.5, 0.6) is 0 Å². The van der Waals surface area contributed by atoms with Gasteiger partial charge in [0.05, 0.1) is 5.69 Å². The molecule has 0 radical (unpaired) electrons. The van der Waals surface area contributed by atoms with Crippen LogP contribution in [0.3, 0.4) is 0 Å². The topological polar surface area (TPSA) is 3.24 Å². The smallest absolute Gasteiger partial charge is 0.0540 e. The molecule has 0 saturated carbocycles. The molecule has 1 nitrogen and oxygen atoms in total. The lowest BCUT2D eigenvalue weighted by molar-refractivity contribution is 1.30. The Bertz CT molecular complexity index is 2760. The molecule has 0 fully saturated rings. The summed E-state index contributed by atoms with van der Waals surface area (Å²) in [5.74, 6) is 0. The van der Waals surface area contributed by atoms with Gasteiger partial charge >= 0.3 is 0 Å². The maximum absolute atomic E-state index is 2.44. The van der Waals surface area contributed by atoms with Crippen molar-refractivity contribution in [1.29, 1.82) is 0 Å². The molecular formula is C46H29NS. The van der Waals surface area contributed by atoms with Crippen LogP contribution in [0.2, 0.25) is 0 Å². The zero-order valence-corrected chi connectivity index (χ0v) is 26.9. The fraction of sp³-hybridized carbons (Fsp3) is 0. The van der Waals surface area contributed by atoms with Crippen molar-refractivity contribution in [3.05, 3.63) is 176 Å². The van der Waals surface area contributed by atoms with Gasteiger partial charge in [-0.2, -0.15) is 0 Å². The summed E-state index contributed by atoms with van der Waals surface area (Å²) in [5.41, 5.74) is 8.34. The molecule has 0 amide bonds. The summed E-state index contributed by atoms with van der Waals surface area (Å²) in [6.45, 7) is 0. The fourth-order valence-corrected chi connectivity index (χ4v) is 8.80. The van der Waals surface area contributed by atoms with E-state index in [0.717, 1.165) is 11.4 Å². The SMILES string of the molecule is c1ccc(-c2ccc(N(c3cccc(-c4cccc5c4sc4ccccc45)c3)c3ccc4ccc5cccc6ccc3c4c56)cc2)cc1. The largest absolute Gasteiger partial charge is 0.310 e. The number of rotatable bonds is 5. The first kappa shape index (κ1) is 27.2. The number of nitrogens with zero attached hydrogens (tertiary/aromatic N) is 1. The Kier molecular flexibility index (Phi) is 6.12. The summed E-state index contributed by atoms with van der Waals surface area (Å²) < 4.78 is 2.65. The minimum Gasteiger partial charge on any atom is -0.310 e. The molecule has 0 aliphatic heterocycles. The molecule has 0 unspecified atom stereocenters. The molecule has 1 heterocycles. The van der Waals surface area contributed by atoms with Crippen LogP contribution in [0.25, 0.3) is 74.7 Å². The van der Waals surface area contributed by atoms with Gasteiger partial charge in [-0.15, -0.1) is 11.3 Å². The van der Waals surface area contributed by atoms with Gasteiger partial charge < -0.3 is 4.90 Å². The summed E-state index contributed by atoms with van der Waals surface area (Å²) in [4.78, 5) is 2.44. The third-order valence-electron chi connectivity index (χ3n) is 9.80. The minimum absolute atomic E-state index is 1.13. The van der Waals surface area contributed by atoms with Crippen molar-refractivity contribution in [2.45, 2.75) is 0 Å². The van der Waals surface area contributed by atoms with Crippen molar-refractivity contribution in [1.82, 2.24) is 0 Å². The molecular weight excluding hydrogens is 599 g/mol. The van der Waals surface area contributed by atoms with E-state index in [1.54, 1.807) is 0 Å². The van der Waals surface area contributed by atoms with Gasteiger partial charge in [-0.25, -0.2) is 0 Å². The molecule has 0 N–H and O–H groups in total. The highest BCUT2D eigenvalue weighted by Crippen LogP contribution is 2.46. The lowest BCUT2D eigenvalue weighted by Gasteiger charge is -2.28. The van der Waals surface area contributed by atoms with Crippen LogP contribution in [0.4, 0.5) is 17.1 Å². The molecule has 9 aromatic carbocycles. The average molecular weight is 628 g/mol. The van der Waals surface area contributed by atoms with Crippen molar-refractivity contribution < 1.29 is 0 Å². The standard InChI is InChI=1S/C46H29NS/c1-2-9-30(10-3-1)31-21-25-36(26-22-31)47(42-28-24-34-20-19-32-11-6-12-33-23-27-41(42)45(34)44(32)33)37-14-7-13-35(29-37)38-16-8-17-40-39-15-4-5-18-43(39)48-46(38)40/h1-29H. The highest BCUT2D eigenvalue weighted by molar-refractivity contribution is 7.26. The van der Waals surface area contributed by atoms with E-state index < -0.39 is 0 Å². The van der Waals surface area contributed by atoms with Crippen LogP contribution in [0, 0.1) is 0 Å². The van der Waals surface area contributed by atoms with E-state index >= 15 is 0 Å². The van der Waals surface area contributed by atoms with Crippen LogP contribution < -0.4 is 4.90 Å². The molecule has 2 heteroatoms. The quantitative estimate of drug-likeness (QED) is 0.172. The number of hydrogen-bond acceptors (Lipinski definition) is 2. The number of benzene rings is 9. The molecule has 0 saturated heterocycles. The van der Waals surface area contributed by atoms with Gasteiger partial charge in [-0.1, -0.05) is 140 Å². The van der Waals surface area contributed by atoms with Crippen molar-refractivity contribution in [3.63, 3.8) is 0 Å². The zero-order chi connectivity index (χ0) is 31.6. The third-order valence-corrected chi connectivity index (χ3v) is 11.0. The number of thiophene rings is 1. The molecule has 0 bridgehead atoms. The Morgan fingerprint density at radius 1 is 0.375 bits per heavy atom. The van der Waals surface area contributed by atoms with Crippen LogP contribution in [-0.4, -0.2) is 0 Å². The van der Waals surface area contributed by atoms with Gasteiger partial charge in [0.1, 0.15) is 0 Å². The van der Waals surface area contributed by atoms with E-state index in [1.807, 2.05) is 11.3 Å². The van der Waals surface area contributed by atoms with E-state index in [-0.39, 0.29) is 0 Å².